The van der Waals surface area contributed by atoms with Crippen molar-refractivity contribution in [3.63, 3.8) is 0 Å². The molecule has 1 heterocycles. The molecule has 0 N–H and O–H groups in total. The van der Waals surface area contributed by atoms with Gasteiger partial charge < -0.3 is 4.42 Å². The van der Waals surface area contributed by atoms with E-state index in [2.05, 4.69) is 13.8 Å². The lowest BCUT2D eigenvalue weighted by molar-refractivity contribution is 0.601. The van der Waals surface area contributed by atoms with E-state index in [4.69, 9.17) is 4.42 Å². The largest absolute Gasteiger partial charge is 0.464 e. The summed E-state index contributed by atoms with van der Waals surface area (Å²) in [5, 5.41) is 0.713. The first kappa shape index (κ1) is 9.00. The van der Waals surface area contributed by atoms with Crippen LogP contribution < -0.4 is 5.43 Å². The Morgan fingerprint density at radius 1 is 1.21 bits per heavy atom. The standard InChI is InChI=1S/C12H12O2/c1-8(2)9-4-3-5-11-12(9)10(13)6-7-14-11/h3-8H,1-2H3. The van der Waals surface area contributed by atoms with Crippen LogP contribution in [0.1, 0.15) is 25.3 Å². The van der Waals surface area contributed by atoms with Gasteiger partial charge in [-0.1, -0.05) is 26.0 Å². The molecule has 0 saturated carbocycles. The van der Waals surface area contributed by atoms with Crippen LogP contribution in [0.25, 0.3) is 11.0 Å². The molecule has 14 heavy (non-hydrogen) atoms. The van der Waals surface area contributed by atoms with Crippen molar-refractivity contribution in [2.45, 2.75) is 19.8 Å². The molecule has 0 saturated heterocycles. The third kappa shape index (κ3) is 1.33. The second kappa shape index (κ2) is 3.29. The van der Waals surface area contributed by atoms with Crippen LogP contribution in [0.15, 0.2) is 39.7 Å². The molecule has 0 atom stereocenters. The Bertz CT molecular complexity index is 504. The molecule has 0 bridgehead atoms. The van der Waals surface area contributed by atoms with Gasteiger partial charge in [0.2, 0.25) is 0 Å². The Morgan fingerprint density at radius 3 is 2.71 bits per heavy atom. The third-order valence-corrected chi connectivity index (χ3v) is 2.34. The predicted octanol–water partition coefficient (Wildman–Crippen LogP) is 2.92. The van der Waals surface area contributed by atoms with E-state index in [9.17, 15) is 4.79 Å². The Kier molecular flexibility index (Phi) is 2.12. The molecule has 72 valence electrons. The average molecular weight is 188 g/mol. The van der Waals surface area contributed by atoms with E-state index in [0.29, 0.717) is 16.9 Å². The fourth-order valence-corrected chi connectivity index (χ4v) is 1.64. The van der Waals surface area contributed by atoms with Crippen molar-refractivity contribution in [3.05, 3.63) is 46.3 Å². The molecule has 2 aromatic rings. The van der Waals surface area contributed by atoms with Crippen LogP contribution in [0, 0.1) is 0 Å². The summed E-state index contributed by atoms with van der Waals surface area (Å²) >= 11 is 0. The fraction of sp³-hybridized carbons (Fsp3) is 0.250. The molecule has 2 nitrogen and oxygen atoms in total. The second-order valence-corrected chi connectivity index (χ2v) is 3.66. The summed E-state index contributed by atoms with van der Waals surface area (Å²) in [7, 11) is 0. The lowest BCUT2D eigenvalue weighted by Crippen LogP contribution is -2.03. The lowest BCUT2D eigenvalue weighted by Gasteiger charge is -2.07. The lowest BCUT2D eigenvalue weighted by atomic mass is 9.99. The van der Waals surface area contributed by atoms with E-state index >= 15 is 0 Å². The summed E-state index contributed by atoms with van der Waals surface area (Å²) in [5.74, 6) is 0.337. The second-order valence-electron chi connectivity index (χ2n) is 3.66. The summed E-state index contributed by atoms with van der Waals surface area (Å²) in [4.78, 5) is 11.6. The van der Waals surface area contributed by atoms with Gasteiger partial charge >= 0.3 is 0 Å². The Labute approximate surface area is 82.2 Å². The summed E-state index contributed by atoms with van der Waals surface area (Å²) in [6, 6.07) is 7.18. The fourth-order valence-electron chi connectivity index (χ4n) is 1.64. The first-order valence-electron chi connectivity index (χ1n) is 4.70. The maximum atomic E-state index is 11.6. The minimum Gasteiger partial charge on any atom is -0.464 e. The molecule has 2 heteroatoms. The molecule has 0 aliphatic rings. The average Bonchev–Trinajstić information content (AvgIpc) is 2.17. The van der Waals surface area contributed by atoms with E-state index in [1.54, 1.807) is 0 Å². The summed E-state index contributed by atoms with van der Waals surface area (Å²) in [5.41, 5.74) is 1.76. The third-order valence-electron chi connectivity index (χ3n) is 2.34. The number of fused-ring (bicyclic) bond motifs is 1. The van der Waals surface area contributed by atoms with Crippen LogP contribution >= 0.6 is 0 Å². The number of rotatable bonds is 1. The van der Waals surface area contributed by atoms with Gasteiger partial charge in [-0.2, -0.15) is 0 Å². The van der Waals surface area contributed by atoms with E-state index in [1.807, 2.05) is 18.2 Å². The monoisotopic (exact) mass is 188 g/mol. The zero-order valence-electron chi connectivity index (χ0n) is 8.28. The number of hydrogen-bond acceptors (Lipinski definition) is 2. The highest BCUT2D eigenvalue weighted by Crippen LogP contribution is 2.21. The van der Waals surface area contributed by atoms with Crippen LogP contribution in [-0.2, 0) is 0 Å². The molecule has 0 fully saturated rings. The van der Waals surface area contributed by atoms with Gasteiger partial charge in [-0.15, -0.1) is 0 Å². The van der Waals surface area contributed by atoms with Crippen molar-refractivity contribution < 1.29 is 4.42 Å². The molecule has 1 aromatic carbocycles. The molecule has 0 aliphatic heterocycles. The molecular formula is C12H12O2. The normalized spacial score (nSPS) is 11.1. The van der Waals surface area contributed by atoms with Crippen LogP contribution in [0.2, 0.25) is 0 Å². The van der Waals surface area contributed by atoms with Gasteiger partial charge in [-0.05, 0) is 17.5 Å². The van der Waals surface area contributed by atoms with Gasteiger partial charge in [-0.25, -0.2) is 0 Å². The molecule has 0 aliphatic carbocycles. The predicted molar refractivity (Wildman–Crippen MR) is 56.6 cm³/mol. The number of hydrogen-bond donors (Lipinski definition) is 0. The van der Waals surface area contributed by atoms with Crippen molar-refractivity contribution in [3.8, 4) is 0 Å². The summed E-state index contributed by atoms with van der Waals surface area (Å²) < 4.78 is 5.28. The maximum absolute atomic E-state index is 11.6. The van der Waals surface area contributed by atoms with E-state index < -0.39 is 0 Å². The molecule has 0 radical (unpaired) electrons. The highest BCUT2D eigenvalue weighted by Gasteiger charge is 2.08. The number of benzene rings is 1. The van der Waals surface area contributed by atoms with Gasteiger partial charge in [0.25, 0.3) is 0 Å². The van der Waals surface area contributed by atoms with E-state index in [1.165, 1.54) is 12.3 Å². The van der Waals surface area contributed by atoms with Crippen LogP contribution in [0.5, 0.6) is 0 Å². The molecule has 0 amide bonds. The van der Waals surface area contributed by atoms with E-state index in [-0.39, 0.29) is 5.43 Å². The maximum Gasteiger partial charge on any atom is 0.192 e. The molecular weight excluding hydrogens is 176 g/mol. The first-order valence-corrected chi connectivity index (χ1v) is 4.70. The van der Waals surface area contributed by atoms with Crippen molar-refractivity contribution in [1.82, 2.24) is 0 Å². The van der Waals surface area contributed by atoms with Crippen molar-refractivity contribution in [2.24, 2.45) is 0 Å². The summed E-state index contributed by atoms with van der Waals surface area (Å²) in [6.45, 7) is 4.14. The van der Waals surface area contributed by atoms with Crippen molar-refractivity contribution >= 4 is 11.0 Å². The van der Waals surface area contributed by atoms with Crippen LogP contribution in [0.3, 0.4) is 0 Å². The summed E-state index contributed by atoms with van der Waals surface area (Å²) in [6.07, 6.45) is 1.44. The topological polar surface area (TPSA) is 30.2 Å². The van der Waals surface area contributed by atoms with Gasteiger partial charge in [0, 0.05) is 6.07 Å². The highest BCUT2D eigenvalue weighted by atomic mass is 16.3. The minimum atomic E-state index is 0.0375. The zero-order valence-corrected chi connectivity index (χ0v) is 8.28. The van der Waals surface area contributed by atoms with Crippen LogP contribution in [0.4, 0.5) is 0 Å². The molecule has 2 rings (SSSR count). The molecule has 1 aromatic heterocycles. The molecule has 0 unspecified atom stereocenters. The zero-order chi connectivity index (χ0) is 10.1. The van der Waals surface area contributed by atoms with Crippen molar-refractivity contribution in [2.75, 3.05) is 0 Å². The SMILES string of the molecule is CC(C)c1cccc2occc(=O)c12. The first-order chi connectivity index (χ1) is 6.70. The van der Waals surface area contributed by atoms with Gasteiger partial charge in [0.1, 0.15) is 5.58 Å². The van der Waals surface area contributed by atoms with E-state index in [0.717, 1.165) is 5.56 Å². The van der Waals surface area contributed by atoms with Crippen molar-refractivity contribution in [1.29, 1.82) is 0 Å². The van der Waals surface area contributed by atoms with Gasteiger partial charge in [0.05, 0.1) is 11.6 Å². The molecule has 0 spiro atoms. The van der Waals surface area contributed by atoms with Gasteiger partial charge in [-0.3, -0.25) is 4.79 Å². The highest BCUT2D eigenvalue weighted by molar-refractivity contribution is 5.80. The quantitative estimate of drug-likeness (QED) is 0.688. The Balaban J connectivity index is 2.91. The Hall–Kier alpha value is -1.57. The smallest absolute Gasteiger partial charge is 0.192 e. The minimum absolute atomic E-state index is 0.0375. The van der Waals surface area contributed by atoms with Crippen LogP contribution in [-0.4, -0.2) is 0 Å². The Morgan fingerprint density at radius 2 is 2.00 bits per heavy atom. The van der Waals surface area contributed by atoms with Gasteiger partial charge in [0.15, 0.2) is 5.43 Å².